The predicted molar refractivity (Wildman–Crippen MR) is 67.8 cm³/mol. The number of hydrogen-bond acceptors (Lipinski definition) is 4. The lowest BCUT2D eigenvalue weighted by Crippen LogP contribution is -2.15. The third kappa shape index (κ3) is 2.41. The lowest BCUT2D eigenvalue weighted by molar-refractivity contribution is 0.101. The Hall–Kier alpha value is -2.14. The number of halogens is 1. The highest BCUT2D eigenvalue weighted by Gasteiger charge is 2.15. The minimum Gasteiger partial charge on any atom is -0.505 e. The number of amides is 1. The lowest BCUT2D eigenvalue weighted by atomic mass is 10.2. The van der Waals surface area contributed by atoms with Crippen LogP contribution in [0.1, 0.15) is 16.1 Å². The van der Waals surface area contributed by atoms with E-state index in [-0.39, 0.29) is 16.6 Å². The number of rotatable bonds is 2. The first-order chi connectivity index (χ1) is 8.59. The van der Waals surface area contributed by atoms with Gasteiger partial charge in [0.1, 0.15) is 5.75 Å². The Balaban J connectivity index is 2.30. The van der Waals surface area contributed by atoms with Gasteiger partial charge < -0.3 is 10.4 Å². The van der Waals surface area contributed by atoms with E-state index in [4.69, 9.17) is 11.6 Å². The molecule has 5 nitrogen and oxygen atoms in total. The lowest BCUT2D eigenvalue weighted by Gasteiger charge is -2.09. The van der Waals surface area contributed by atoms with Crippen molar-refractivity contribution in [1.29, 1.82) is 0 Å². The van der Waals surface area contributed by atoms with E-state index in [1.807, 2.05) is 0 Å². The summed E-state index contributed by atoms with van der Waals surface area (Å²) in [6.45, 7) is 1.79. The summed E-state index contributed by atoms with van der Waals surface area (Å²) in [5.41, 5.74) is 1.13. The highest BCUT2D eigenvalue weighted by atomic mass is 35.5. The average Bonchev–Trinajstić information content (AvgIpc) is 2.34. The molecular formula is C12H10ClN3O2. The van der Waals surface area contributed by atoms with Crippen molar-refractivity contribution in [2.24, 2.45) is 0 Å². The summed E-state index contributed by atoms with van der Waals surface area (Å²) in [5.74, 6) is -0.723. The fraction of sp³-hybridized carbons (Fsp3) is 0.0833. The zero-order chi connectivity index (χ0) is 13.1. The van der Waals surface area contributed by atoms with E-state index >= 15 is 0 Å². The zero-order valence-electron chi connectivity index (χ0n) is 9.51. The Labute approximate surface area is 108 Å². The summed E-state index contributed by atoms with van der Waals surface area (Å²) >= 11 is 5.89. The summed E-state index contributed by atoms with van der Waals surface area (Å²) in [4.78, 5) is 19.6. The standard InChI is InChI=1S/C12H10ClN3O2/c1-7-4-6-15-11(13)9(7)16-12(18)10-8(17)3-2-5-14-10/h2-6,17H,1H3,(H,16,18). The summed E-state index contributed by atoms with van der Waals surface area (Å²) < 4.78 is 0. The summed E-state index contributed by atoms with van der Waals surface area (Å²) in [7, 11) is 0. The van der Waals surface area contributed by atoms with Crippen molar-refractivity contribution in [2.75, 3.05) is 5.32 Å². The minimum absolute atomic E-state index is 0.0585. The molecule has 0 aliphatic rings. The summed E-state index contributed by atoms with van der Waals surface area (Å²) in [6, 6.07) is 4.65. The Morgan fingerprint density at radius 2 is 2.11 bits per heavy atom. The van der Waals surface area contributed by atoms with Crippen molar-refractivity contribution in [1.82, 2.24) is 9.97 Å². The molecule has 2 rings (SSSR count). The Morgan fingerprint density at radius 1 is 1.33 bits per heavy atom. The van der Waals surface area contributed by atoms with E-state index in [1.54, 1.807) is 19.2 Å². The van der Waals surface area contributed by atoms with Crippen LogP contribution in [0.5, 0.6) is 5.75 Å². The van der Waals surface area contributed by atoms with Crippen molar-refractivity contribution < 1.29 is 9.90 Å². The first-order valence-corrected chi connectivity index (χ1v) is 5.54. The molecule has 0 aliphatic heterocycles. The van der Waals surface area contributed by atoms with Crippen LogP contribution in [0.25, 0.3) is 0 Å². The van der Waals surface area contributed by atoms with Crippen LogP contribution in [0.15, 0.2) is 30.6 Å². The van der Waals surface area contributed by atoms with Gasteiger partial charge in [-0.15, -0.1) is 0 Å². The van der Waals surface area contributed by atoms with Gasteiger partial charge >= 0.3 is 0 Å². The maximum absolute atomic E-state index is 11.9. The highest BCUT2D eigenvalue weighted by Crippen LogP contribution is 2.24. The number of hydrogen-bond donors (Lipinski definition) is 2. The second-order valence-electron chi connectivity index (χ2n) is 3.62. The van der Waals surface area contributed by atoms with Crippen LogP contribution in [-0.4, -0.2) is 21.0 Å². The molecule has 2 N–H and O–H groups in total. The molecular weight excluding hydrogens is 254 g/mol. The van der Waals surface area contributed by atoms with Gasteiger partial charge in [0.25, 0.3) is 5.91 Å². The number of aryl methyl sites for hydroxylation is 1. The second-order valence-corrected chi connectivity index (χ2v) is 3.98. The van der Waals surface area contributed by atoms with Gasteiger partial charge in [-0.05, 0) is 30.7 Å². The van der Waals surface area contributed by atoms with E-state index in [9.17, 15) is 9.90 Å². The number of pyridine rings is 2. The molecule has 0 spiro atoms. The van der Waals surface area contributed by atoms with Crippen molar-refractivity contribution in [3.05, 3.63) is 47.0 Å². The number of anilines is 1. The van der Waals surface area contributed by atoms with Crippen molar-refractivity contribution >= 4 is 23.2 Å². The number of nitrogens with zero attached hydrogens (tertiary/aromatic N) is 2. The van der Waals surface area contributed by atoms with Crippen LogP contribution in [0.4, 0.5) is 5.69 Å². The van der Waals surface area contributed by atoms with Gasteiger partial charge in [-0.2, -0.15) is 0 Å². The van der Waals surface area contributed by atoms with Crippen molar-refractivity contribution in [3.8, 4) is 5.75 Å². The molecule has 0 aliphatic carbocycles. The van der Waals surface area contributed by atoms with E-state index in [1.165, 1.54) is 18.3 Å². The van der Waals surface area contributed by atoms with Crippen LogP contribution in [0.2, 0.25) is 5.15 Å². The molecule has 2 aromatic rings. The van der Waals surface area contributed by atoms with E-state index in [2.05, 4.69) is 15.3 Å². The van der Waals surface area contributed by atoms with Crippen LogP contribution in [0.3, 0.4) is 0 Å². The third-order valence-electron chi connectivity index (χ3n) is 2.35. The largest absolute Gasteiger partial charge is 0.505 e. The first kappa shape index (κ1) is 12.3. The molecule has 0 saturated carbocycles. The fourth-order valence-corrected chi connectivity index (χ4v) is 1.67. The average molecular weight is 264 g/mol. The SMILES string of the molecule is Cc1ccnc(Cl)c1NC(=O)c1ncccc1O. The van der Waals surface area contributed by atoms with E-state index in [0.29, 0.717) is 5.69 Å². The van der Waals surface area contributed by atoms with Gasteiger partial charge in [0, 0.05) is 12.4 Å². The Morgan fingerprint density at radius 3 is 2.78 bits per heavy atom. The van der Waals surface area contributed by atoms with Crippen molar-refractivity contribution in [3.63, 3.8) is 0 Å². The number of carbonyl (C=O) groups is 1. The summed E-state index contributed by atoms with van der Waals surface area (Å²) in [6.07, 6.45) is 2.97. The normalized spacial score (nSPS) is 10.1. The highest BCUT2D eigenvalue weighted by molar-refractivity contribution is 6.32. The molecule has 2 aromatic heterocycles. The molecule has 0 saturated heterocycles. The van der Waals surface area contributed by atoms with E-state index in [0.717, 1.165) is 5.56 Å². The molecule has 1 amide bonds. The van der Waals surface area contributed by atoms with Crippen molar-refractivity contribution in [2.45, 2.75) is 6.92 Å². The maximum Gasteiger partial charge on any atom is 0.278 e. The molecule has 0 atom stereocenters. The second kappa shape index (κ2) is 5.01. The minimum atomic E-state index is -0.536. The van der Waals surface area contributed by atoms with Crippen LogP contribution in [0, 0.1) is 6.92 Å². The molecule has 0 radical (unpaired) electrons. The van der Waals surface area contributed by atoms with Gasteiger partial charge in [-0.25, -0.2) is 9.97 Å². The molecule has 0 aromatic carbocycles. The maximum atomic E-state index is 11.9. The number of carbonyl (C=O) groups excluding carboxylic acids is 1. The molecule has 2 heterocycles. The monoisotopic (exact) mass is 263 g/mol. The molecule has 6 heteroatoms. The van der Waals surface area contributed by atoms with Gasteiger partial charge in [-0.1, -0.05) is 11.6 Å². The Bertz CT molecular complexity index is 581. The van der Waals surface area contributed by atoms with Gasteiger partial charge in [-0.3, -0.25) is 4.79 Å². The fourth-order valence-electron chi connectivity index (χ4n) is 1.42. The van der Waals surface area contributed by atoms with Gasteiger partial charge in [0.05, 0.1) is 5.69 Å². The number of aromatic hydroxyl groups is 1. The smallest absolute Gasteiger partial charge is 0.278 e. The Kier molecular flexibility index (Phi) is 3.43. The first-order valence-electron chi connectivity index (χ1n) is 5.16. The predicted octanol–water partition coefficient (Wildman–Crippen LogP) is 2.40. The number of aromatic nitrogens is 2. The quantitative estimate of drug-likeness (QED) is 0.816. The third-order valence-corrected chi connectivity index (χ3v) is 2.64. The number of nitrogens with one attached hydrogen (secondary N) is 1. The molecule has 0 unspecified atom stereocenters. The van der Waals surface area contributed by atoms with Crippen LogP contribution >= 0.6 is 11.6 Å². The van der Waals surface area contributed by atoms with Gasteiger partial charge in [0.2, 0.25) is 0 Å². The zero-order valence-corrected chi connectivity index (χ0v) is 10.3. The molecule has 0 bridgehead atoms. The van der Waals surface area contributed by atoms with E-state index < -0.39 is 5.91 Å². The van der Waals surface area contributed by atoms with Gasteiger partial charge in [0.15, 0.2) is 10.8 Å². The topological polar surface area (TPSA) is 75.1 Å². The van der Waals surface area contributed by atoms with Crippen LogP contribution < -0.4 is 5.32 Å². The summed E-state index contributed by atoms with van der Waals surface area (Å²) in [5, 5.41) is 12.3. The van der Waals surface area contributed by atoms with Crippen LogP contribution in [-0.2, 0) is 0 Å². The molecule has 18 heavy (non-hydrogen) atoms. The molecule has 0 fully saturated rings. The molecule has 92 valence electrons.